The topological polar surface area (TPSA) is 29.5 Å². The molecule has 3 nitrogen and oxygen atoms in total. The largest absolute Gasteiger partial charge is 0.371 e. The summed E-state index contributed by atoms with van der Waals surface area (Å²) in [6.45, 7) is 1.49. The van der Waals surface area contributed by atoms with Gasteiger partial charge in [-0.2, -0.15) is 0 Å². The first-order chi connectivity index (χ1) is 8.71. The van der Waals surface area contributed by atoms with E-state index in [0.29, 0.717) is 12.5 Å². The van der Waals surface area contributed by atoms with Crippen LogP contribution in [-0.2, 0) is 16.0 Å². The lowest BCUT2D eigenvalue weighted by Crippen LogP contribution is -2.36. The number of nitrogens with zero attached hydrogens (tertiary/aromatic N) is 1. The fraction of sp³-hybridized carbons (Fsp3) is 0.643. The van der Waals surface area contributed by atoms with Gasteiger partial charge in [0.15, 0.2) is 0 Å². The maximum Gasteiger partial charge on any atom is 0.228 e. The fourth-order valence-corrected chi connectivity index (χ4v) is 4.05. The Balaban J connectivity index is 1.47. The van der Waals surface area contributed by atoms with Crippen LogP contribution >= 0.6 is 11.3 Å². The van der Waals surface area contributed by atoms with Gasteiger partial charge in [0, 0.05) is 18.3 Å². The predicted molar refractivity (Wildman–Crippen MR) is 69.5 cm³/mol. The third kappa shape index (κ3) is 1.48. The molecule has 0 N–H and O–H groups in total. The van der Waals surface area contributed by atoms with E-state index in [1.54, 1.807) is 0 Å². The van der Waals surface area contributed by atoms with Crippen molar-refractivity contribution in [2.75, 3.05) is 20.2 Å². The number of rotatable bonds is 3. The Morgan fingerprint density at radius 2 is 2.39 bits per heavy atom. The fourth-order valence-electron chi connectivity index (χ4n) is 3.14. The number of hydrogen-bond acceptors (Lipinski definition) is 3. The van der Waals surface area contributed by atoms with Crippen LogP contribution in [0.3, 0.4) is 0 Å². The van der Waals surface area contributed by atoms with E-state index in [-0.39, 0.29) is 11.5 Å². The zero-order chi connectivity index (χ0) is 12.3. The highest BCUT2D eigenvalue weighted by molar-refractivity contribution is 7.10. The smallest absolute Gasteiger partial charge is 0.228 e. The van der Waals surface area contributed by atoms with Gasteiger partial charge in [-0.1, -0.05) is 0 Å². The Kier molecular flexibility index (Phi) is 2.19. The number of amides is 1. The van der Waals surface area contributed by atoms with Crippen LogP contribution in [0.15, 0.2) is 11.4 Å². The second-order valence-electron chi connectivity index (χ2n) is 5.86. The molecule has 3 aliphatic rings. The summed E-state index contributed by atoms with van der Waals surface area (Å²) in [7, 11) is 1.93. The van der Waals surface area contributed by atoms with Crippen LogP contribution in [-0.4, -0.2) is 31.0 Å². The second-order valence-corrected chi connectivity index (χ2v) is 6.86. The van der Waals surface area contributed by atoms with Crippen molar-refractivity contribution < 1.29 is 9.53 Å². The normalized spacial score (nSPS) is 35.6. The van der Waals surface area contributed by atoms with Gasteiger partial charge in [-0.25, -0.2) is 0 Å². The molecule has 2 heterocycles. The number of ether oxygens (including phenoxy) is 1. The third-order valence-corrected chi connectivity index (χ3v) is 5.67. The number of hydrogen-bond donors (Lipinski definition) is 0. The SMILES string of the molecule is CN(CC1OCCc2sccc21)C(=O)C12CC1C2. The third-order valence-electron chi connectivity index (χ3n) is 4.67. The Hall–Kier alpha value is -0.870. The molecule has 2 fully saturated rings. The average Bonchev–Trinajstić information content (AvgIpc) is 3.15. The Morgan fingerprint density at radius 1 is 1.61 bits per heavy atom. The lowest BCUT2D eigenvalue weighted by molar-refractivity contribution is -0.135. The molecule has 1 amide bonds. The van der Waals surface area contributed by atoms with Gasteiger partial charge in [0.05, 0.1) is 18.6 Å². The summed E-state index contributed by atoms with van der Waals surface area (Å²) in [5.41, 5.74) is 1.38. The van der Waals surface area contributed by atoms with Crippen LogP contribution in [0.25, 0.3) is 0 Å². The highest BCUT2D eigenvalue weighted by Crippen LogP contribution is 2.75. The Bertz CT molecular complexity index is 504. The monoisotopic (exact) mass is 263 g/mol. The molecule has 18 heavy (non-hydrogen) atoms. The first-order valence-corrected chi connectivity index (χ1v) is 7.52. The number of likely N-dealkylation sites (N-methyl/N-ethyl adjacent to an activating group) is 1. The summed E-state index contributed by atoms with van der Waals surface area (Å²) in [5, 5.41) is 2.13. The van der Waals surface area contributed by atoms with Gasteiger partial charge in [0.2, 0.25) is 5.91 Å². The molecule has 1 aromatic heterocycles. The predicted octanol–water partition coefficient (Wildman–Crippen LogP) is 2.23. The molecule has 0 radical (unpaired) electrons. The lowest BCUT2D eigenvalue weighted by atomic mass is 10.1. The Labute approximate surface area is 111 Å². The van der Waals surface area contributed by atoms with Gasteiger partial charge < -0.3 is 9.64 Å². The van der Waals surface area contributed by atoms with Crippen LogP contribution in [0.5, 0.6) is 0 Å². The van der Waals surface area contributed by atoms with E-state index >= 15 is 0 Å². The first kappa shape index (κ1) is 11.0. The van der Waals surface area contributed by atoms with E-state index in [1.165, 1.54) is 10.4 Å². The van der Waals surface area contributed by atoms with Crippen LogP contribution in [0, 0.1) is 11.3 Å². The van der Waals surface area contributed by atoms with Crippen molar-refractivity contribution in [3.8, 4) is 0 Å². The average molecular weight is 263 g/mol. The molecule has 1 aromatic rings. The summed E-state index contributed by atoms with van der Waals surface area (Å²) in [6, 6.07) is 2.15. The Morgan fingerprint density at radius 3 is 3.11 bits per heavy atom. The van der Waals surface area contributed by atoms with E-state index in [2.05, 4.69) is 11.4 Å². The van der Waals surface area contributed by atoms with E-state index in [1.807, 2.05) is 23.3 Å². The molecule has 2 aliphatic carbocycles. The van der Waals surface area contributed by atoms with E-state index in [9.17, 15) is 4.79 Å². The quantitative estimate of drug-likeness (QED) is 0.837. The van der Waals surface area contributed by atoms with E-state index in [4.69, 9.17) is 4.74 Å². The van der Waals surface area contributed by atoms with Crippen LogP contribution in [0.1, 0.15) is 29.4 Å². The minimum absolute atomic E-state index is 0.0842. The number of carbonyl (C=O) groups excluding carboxylic acids is 1. The van der Waals surface area contributed by atoms with Crippen molar-refractivity contribution in [3.05, 3.63) is 21.9 Å². The zero-order valence-electron chi connectivity index (χ0n) is 10.5. The van der Waals surface area contributed by atoms with Crippen molar-refractivity contribution in [3.63, 3.8) is 0 Å². The molecule has 1 atom stereocenters. The minimum Gasteiger partial charge on any atom is -0.371 e. The molecule has 96 valence electrons. The standard InChI is InChI=1S/C14H17NO2S/c1-15(13(16)14-6-9(14)7-14)8-11-10-3-5-18-12(10)2-4-17-11/h3,5,9,11H,2,4,6-8H2,1H3. The van der Waals surface area contributed by atoms with E-state index in [0.717, 1.165) is 31.8 Å². The van der Waals surface area contributed by atoms with Gasteiger partial charge in [-0.15, -0.1) is 11.3 Å². The summed E-state index contributed by atoms with van der Waals surface area (Å²) in [5.74, 6) is 1.06. The first-order valence-electron chi connectivity index (χ1n) is 6.64. The van der Waals surface area contributed by atoms with Crippen LogP contribution < -0.4 is 0 Å². The van der Waals surface area contributed by atoms with Gasteiger partial charge in [-0.05, 0) is 35.8 Å². The summed E-state index contributed by atoms with van der Waals surface area (Å²) in [4.78, 5) is 15.6. The highest BCUT2D eigenvalue weighted by Gasteiger charge is 2.75. The van der Waals surface area contributed by atoms with Gasteiger partial charge in [0.25, 0.3) is 0 Å². The molecule has 1 unspecified atom stereocenters. The molecule has 4 heteroatoms. The van der Waals surface area contributed by atoms with Crippen molar-refractivity contribution in [2.45, 2.75) is 25.4 Å². The van der Waals surface area contributed by atoms with Crippen molar-refractivity contribution in [1.29, 1.82) is 0 Å². The molecular formula is C14H17NO2S. The van der Waals surface area contributed by atoms with Crippen LogP contribution in [0.4, 0.5) is 0 Å². The highest BCUT2D eigenvalue weighted by atomic mass is 32.1. The molecule has 0 saturated heterocycles. The number of carbonyl (C=O) groups is 1. The number of fused-ring (bicyclic) bond motifs is 2. The van der Waals surface area contributed by atoms with Crippen molar-refractivity contribution in [1.82, 2.24) is 4.90 Å². The molecule has 0 bridgehead atoms. The van der Waals surface area contributed by atoms with Gasteiger partial charge >= 0.3 is 0 Å². The summed E-state index contributed by atoms with van der Waals surface area (Å²) < 4.78 is 5.84. The van der Waals surface area contributed by atoms with E-state index < -0.39 is 0 Å². The van der Waals surface area contributed by atoms with Crippen molar-refractivity contribution in [2.24, 2.45) is 11.3 Å². The summed E-state index contributed by atoms with van der Waals surface area (Å²) >= 11 is 1.81. The molecule has 0 aromatic carbocycles. The van der Waals surface area contributed by atoms with Gasteiger partial charge in [0.1, 0.15) is 6.10 Å². The lowest BCUT2D eigenvalue weighted by Gasteiger charge is -2.28. The van der Waals surface area contributed by atoms with Crippen LogP contribution in [0.2, 0.25) is 0 Å². The maximum absolute atomic E-state index is 12.3. The number of thiophene rings is 1. The molecule has 1 aliphatic heterocycles. The molecular weight excluding hydrogens is 246 g/mol. The zero-order valence-corrected chi connectivity index (χ0v) is 11.3. The minimum atomic E-state index is 0.0842. The maximum atomic E-state index is 12.3. The molecule has 4 rings (SSSR count). The van der Waals surface area contributed by atoms with Crippen molar-refractivity contribution >= 4 is 17.2 Å². The van der Waals surface area contributed by atoms with Gasteiger partial charge in [-0.3, -0.25) is 4.79 Å². The second kappa shape index (κ2) is 3.58. The molecule has 0 spiro atoms. The summed E-state index contributed by atoms with van der Waals surface area (Å²) in [6.07, 6.45) is 3.37. The molecule has 2 saturated carbocycles.